The fourth-order valence-electron chi connectivity index (χ4n) is 2.67. The zero-order valence-electron chi connectivity index (χ0n) is 11.4. The Bertz CT molecular complexity index is 653. The topological polar surface area (TPSA) is 49.8 Å². The summed E-state index contributed by atoms with van der Waals surface area (Å²) in [7, 11) is 1.66. The molecule has 0 bridgehead atoms. The summed E-state index contributed by atoms with van der Waals surface area (Å²) >= 11 is 0. The molecule has 0 spiro atoms. The third-order valence-corrected chi connectivity index (χ3v) is 3.86. The van der Waals surface area contributed by atoms with Crippen LogP contribution in [-0.4, -0.2) is 42.2 Å². The molecule has 0 radical (unpaired) electrons. The van der Waals surface area contributed by atoms with Crippen LogP contribution in [0.5, 0.6) is 5.75 Å². The maximum atomic E-state index is 12.5. The van der Waals surface area contributed by atoms with E-state index in [0.29, 0.717) is 18.7 Å². The summed E-state index contributed by atoms with van der Waals surface area (Å²) in [6.45, 7) is 1.26. The molecule has 1 heterocycles. The average Bonchev–Trinajstić information content (AvgIpc) is 2.94. The third-order valence-electron chi connectivity index (χ3n) is 3.86. The van der Waals surface area contributed by atoms with Crippen LogP contribution in [0.1, 0.15) is 16.8 Å². The van der Waals surface area contributed by atoms with Gasteiger partial charge in [-0.05, 0) is 29.3 Å². The van der Waals surface area contributed by atoms with E-state index in [1.54, 1.807) is 24.1 Å². The van der Waals surface area contributed by atoms with Crippen molar-refractivity contribution in [3.05, 3.63) is 42.0 Å². The number of ether oxygens (including phenoxy) is 1. The molecule has 104 valence electrons. The number of fused-ring (bicyclic) bond motifs is 1. The van der Waals surface area contributed by atoms with Gasteiger partial charge in [-0.25, -0.2) is 0 Å². The number of methoxy groups -OCH3 is 1. The molecule has 0 aromatic heterocycles. The van der Waals surface area contributed by atoms with Crippen molar-refractivity contribution in [2.75, 3.05) is 20.2 Å². The SMILES string of the molecule is COC1CCN(C(=O)c2cc3ccccc3cc2O)C1. The fourth-order valence-corrected chi connectivity index (χ4v) is 2.67. The highest BCUT2D eigenvalue weighted by atomic mass is 16.5. The molecule has 2 aromatic carbocycles. The molecule has 0 aliphatic carbocycles. The third kappa shape index (κ3) is 2.23. The van der Waals surface area contributed by atoms with Crippen LogP contribution < -0.4 is 0 Å². The molecular formula is C16H17NO3. The van der Waals surface area contributed by atoms with Gasteiger partial charge in [-0.1, -0.05) is 24.3 Å². The van der Waals surface area contributed by atoms with E-state index in [1.165, 1.54) is 0 Å². The Labute approximate surface area is 117 Å². The molecule has 1 aliphatic rings. The van der Waals surface area contributed by atoms with E-state index >= 15 is 0 Å². The van der Waals surface area contributed by atoms with Gasteiger partial charge in [0.15, 0.2) is 0 Å². The van der Waals surface area contributed by atoms with Crippen molar-refractivity contribution < 1.29 is 14.6 Å². The van der Waals surface area contributed by atoms with Gasteiger partial charge in [0.2, 0.25) is 0 Å². The first-order valence-corrected chi connectivity index (χ1v) is 6.73. The minimum absolute atomic E-state index is 0.0366. The smallest absolute Gasteiger partial charge is 0.257 e. The van der Waals surface area contributed by atoms with Gasteiger partial charge in [-0.3, -0.25) is 4.79 Å². The van der Waals surface area contributed by atoms with Crippen LogP contribution >= 0.6 is 0 Å². The van der Waals surface area contributed by atoms with Crippen LogP contribution in [0.4, 0.5) is 0 Å². The molecule has 4 nitrogen and oxygen atoms in total. The Morgan fingerprint density at radius 1 is 1.30 bits per heavy atom. The summed E-state index contributed by atoms with van der Waals surface area (Å²) in [5.41, 5.74) is 0.362. The van der Waals surface area contributed by atoms with Crippen molar-refractivity contribution in [1.29, 1.82) is 0 Å². The number of carbonyl (C=O) groups is 1. The van der Waals surface area contributed by atoms with E-state index in [1.807, 2.05) is 24.3 Å². The van der Waals surface area contributed by atoms with Crippen molar-refractivity contribution in [3.63, 3.8) is 0 Å². The van der Waals surface area contributed by atoms with E-state index < -0.39 is 0 Å². The van der Waals surface area contributed by atoms with E-state index in [4.69, 9.17) is 4.74 Å². The van der Waals surface area contributed by atoms with Crippen LogP contribution in [0.3, 0.4) is 0 Å². The zero-order valence-corrected chi connectivity index (χ0v) is 11.4. The number of carbonyl (C=O) groups excluding carboxylic acids is 1. The Balaban J connectivity index is 1.93. The largest absolute Gasteiger partial charge is 0.507 e. The van der Waals surface area contributed by atoms with Gasteiger partial charge in [-0.15, -0.1) is 0 Å². The monoisotopic (exact) mass is 271 g/mol. The van der Waals surface area contributed by atoms with Gasteiger partial charge >= 0.3 is 0 Å². The van der Waals surface area contributed by atoms with Crippen molar-refractivity contribution in [2.45, 2.75) is 12.5 Å². The van der Waals surface area contributed by atoms with Gasteiger partial charge in [0, 0.05) is 20.2 Å². The molecule has 1 unspecified atom stereocenters. The second-order valence-electron chi connectivity index (χ2n) is 5.11. The summed E-state index contributed by atoms with van der Waals surface area (Å²) in [4.78, 5) is 14.2. The minimum Gasteiger partial charge on any atom is -0.507 e. The molecule has 1 aliphatic heterocycles. The molecule has 2 aromatic rings. The Hall–Kier alpha value is -2.07. The fraction of sp³-hybridized carbons (Fsp3) is 0.312. The average molecular weight is 271 g/mol. The lowest BCUT2D eigenvalue weighted by molar-refractivity contribution is 0.0721. The quantitative estimate of drug-likeness (QED) is 0.912. The molecule has 0 saturated carbocycles. The number of phenolic OH excluding ortho intramolecular Hbond substituents is 1. The standard InChI is InChI=1S/C16H17NO3/c1-20-13-6-7-17(10-13)16(19)14-8-11-4-2-3-5-12(11)9-15(14)18/h2-5,8-9,13,18H,6-7,10H2,1H3. The van der Waals surface area contributed by atoms with Gasteiger partial charge in [0.05, 0.1) is 11.7 Å². The number of likely N-dealkylation sites (tertiary alicyclic amines) is 1. The number of nitrogens with zero attached hydrogens (tertiary/aromatic N) is 1. The Morgan fingerprint density at radius 2 is 2.00 bits per heavy atom. The van der Waals surface area contributed by atoms with Crippen molar-refractivity contribution >= 4 is 16.7 Å². The van der Waals surface area contributed by atoms with E-state index in [0.717, 1.165) is 17.2 Å². The highest BCUT2D eigenvalue weighted by molar-refractivity contribution is 6.01. The number of hydrogen-bond acceptors (Lipinski definition) is 3. The van der Waals surface area contributed by atoms with Crippen molar-refractivity contribution in [1.82, 2.24) is 4.90 Å². The zero-order chi connectivity index (χ0) is 14.1. The molecule has 1 saturated heterocycles. The number of amides is 1. The molecule has 4 heteroatoms. The van der Waals surface area contributed by atoms with Crippen LogP contribution in [0, 0.1) is 0 Å². The molecular weight excluding hydrogens is 254 g/mol. The van der Waals surface area contributed by atoms with Crippen molar-refractivity contribution in [2.24, 2.45) is 0 Å². The molecule has 1 fully saturated rings. The number of benzene rings is 2. The van der Waals surface area contributed by atoms with E-state index in [2.05, 4.69) is 0 Å². The molecule has 1 N–H and O–H groups in total. The first-order valence-electron chi connectivity index (χ1n) is 6.73. The van der Waals surface area contributed by atoms with Gasteiger partial charge < -0.3 is 14.7 Å². The highest BCUT2D eigenvalue weighted by Crippen LogP contribution is 2.27. The van der Waals surface area contributed by atoms with Gasteiger partial charge in [0.25, 0.3) is 5.91 Å². The van der Waals surface area contributed by atoms with E-state index in [9.17, 15) is 9.90 Å². The van der Waals surface area contributed by atoms with Crippen molar-refractivity contribution in [3.8, 4) is 5.75 Å². The van der Waals surface area contributed by atoms with Gasteiger partial charge in [-0.2, -0.15) is 0 Å². The first-order chi connectivity index (χ1) is 9.69. The van der Waals surface area contributed by atoms with Crippen LogP contribution in [0.15, 0.2) is 36.4 Å². The molecule has 1 atom stereocenters. The number of hydrogen-bond donors (Lipinski definition) is 1. The molecule has 1 amide bonds. The molecule has 20 heavy (non-hydrogen) atoms. The molecule has 3 rings (SSSR count). The number of phenols is 1. The first kappa shape index (κ1) is 12.9. The summed E-state index contributed by atoms with van der Waals surface area (Å²) in [6, 6.07) is 11.1. The van der Waals surface area contributed by atoms with Crippen LogP contribution in [0.25, 0.3) is 10.8 Å². The Morgan fingerprint density at radius 3 is 2.65 bits per heavy atom. The summed E-state index contributed by atoms with van der Waals surface area (Å²) < 4.78 is 5.27. The Kier molecular flexibility index (Phi) is 3.32. The lowest BCUT2D eigenvalue weighted by Crippen LogP contribution is -2.30. The lowest BCUT2D eigenvalue weighted by atomic mass is 10.1. The van der Waals surface area contributed by atoms with Gasteiger partial charge in [0.1, 0.15) is 5.75 Å². The van der Waals surface area contributed by atoms with Crippen LogP contribution in [-0.2, 0) is 4.74 Å². The number of rotatable bonds is 2. The maximum Gasteiger partial charge on any atom is 0.257 e. The van der Waals surface area contributed by atoms with E-state index in [-0.39, 0.29) is 17.8 Å². The maximum absolute atomic E-state index is 12.5. The second kappa shape index (κ2) is 5.13. The number of aromatic hydroxyl groups is 1. The highest BCUT2D eigenvalue weighted by Gasteiger charge is 2.28. The predicted molar refractivity (Wildman–Crippen MR) is 76.9 cm³/mol. The van der Waals surface area contributed by atoms with Crippen LogP contribution in [0.2, 0.25) is 0 Å². The minimum atomic E-state index is -0.132. The predicted octanol–water partition coefficient (Wildman–Crippen LogP) is 2.41. The summed E-state index contributed by atoms with van der Waals surface area (Å²) in [5.74, 6) is -0.0950. The summed E-state index contributed by atoms with van der Waals surface area (Å²) in [6.07, 6.45) is 0.942. The second-order valence-corrected chi connectivity index (χ2v) is 5.11. The normalized spacial score (nSPS) is 18.6. The lowest BCUT2D eigenvalue weighted by Gasteiger charge is -2.17. The summed E-state index contributed by atoms with van der Waals surface area (Å²) in [5, 5.41) is 12.0.